The lowest BCUT2D eigenvalue weighted by Crippen LogP contribution is -2.46. The molecule has 7 nitrogen and oxygen atoms in total. The summed E-state index contributed by atoms with van der Waals surface area (Å²) in [6.07, 6.45) is -0.915. The van der Waals surface area contributed by atoms with Gasteiger partial charge in [-0.3, -0.25) is 9.59 Å². The number of aromatic nitrogens is 2. The second-order valence-corrected chi connectivity index (χ2v) is 4.33. The molecule has 22 heavy (non-hydrogen) atoms. The Hall–Kier alpha value is -3.03. The van der Waals surface area contributed by atoms with E-state index in [9.17, 15) is 23.6 Å². The number of hydrogen-bond donors (Lipinski definition) is 0. The standard InChI is InChI=1S/C14H11FN2O5/c1-9(18)16-7-11(15)12(19)17(13(16)20)14(21)22-8-10-5-3-2-4-6-10/h2-7H,8H2,1H3. The molecule has 1 aromatic heterocycles. The smallest absolute Gasteiger partial charge is 0.425 e. The molecule has 0 aliphatic heterocycles. The highest BCUT2D eigenvalue weighted by atomic mass is 19.1. The van der Waals surface area contributed by atoms with Gasteiger partial charge in [-0.1, -0.05) is 30.3 Å². The summed E-state index contributed by atoms with van der Waals surface area (Å²) in [6, 6.07) is 8.50. The minimum Gasteiger partial charge on any atom is -0.444 e. The maximum Gasteiger partial charge on any atom is 0.425 e. The van der Waals surface area contributed by atoms with Gasteiger partial charge in [-0.05, 0) is 5.56 Å². The second kappa shape index (κ2) is 6.17. The third-order valence-electron chi connectivity index (χ3n) is 2.77. The zero-order chi connectivity index (χ0) is 16.3. The van der Waals surface area contributed by atoms with Gasteiger partial charge in [-0.15, -0.1) is 0 Å². The largest absolute Gasteiger partial charge is 0.444 e. The van der Waals surface area contributed by atoms with E-state index in [1.807, 2.05) is 0 Å². The molecular formula is C14H11FN2O5. The maximum absolute atomic E-state index is 13.5. The van der Waals surface area contributed by atoms with Crippen molar-refractivity contribution in [1.82, 2.24) is 9.13 Å². The molecule has 1 aromatic carbocycles. The van der Waals surface area contributed by atoms with Gasteiger partial charge < -0.3 is 4.74 Å². The van der Waals surface area contributed by atoms with Gasteiger partial charge >= 0.3 is 17.3 Å². The molecule has 0 radical (unpaired) electrons. The van der Waals surface area contributed by atoms with Crippen LogP contribution in [0.4, 0.5) is 9.18 Å². The number of carbonyl (C=O) groups excluding carboxylic acids is 2. The van der Waals surface area contributed by atoms with Crippen LogP contribution in [0.1, 0.15) is 17.3 Å². The maximum atomic E-state index is 13.5. The molecule has 8 heteroatoms. The Morgan fingerprint density at radius 3 is 2.41 bits per heavy atom. The molecule has 114 valence electrons. The Morgan fingerprint density at radius 2 is 1.82 bits per heavy atom. The topological polar surface area (TPSA) is 87.4 Å². The van der Waals surface area contributed by atoms with E-state index in [1.54, 1.807) is 30.3 Å². The molecule has 0 unspecified atom stereocenters. The van der Waals surface area contributed by atoms with Crippen molar-refractivity contribution in [2.24, 2.45) is 0 Å². The summed E-state index contributed by atoms with van der Waals surface area (Å²) >= 11 is 0. The highest BCUT2D eigenvalue weighted by molar-refractivity contribution is 5.77. The number of nitrogens with zero attached hydrogens (tertiary/aromatic N) is 2. The molecular weight excluding hydrogens is 295 g/mol. The van der Waals surface area contributed by atoms with Crippen LogP contribution in [0.15, 0.2) is 46.1 Å². The first-order valence-electron chi connectivity index (χ1n) is 6.18. The van der Waals surface area contributed by atoms with E-state index in [2.05, 4.69) is 0 Å². The molecule has 0 atom stereocenters. The third-order valence-corrected chi connectivity index (χ3v) is 2.77. The van der Waals surface area contributed by atoms with Crippen molar-refractivity contribution in [2.45, 2.75) is 13.5 Å². The molecule has 1 heterocycles. The van der Waals surface area contributed by atoms with Crippen LogP contribution < -0.4 is 11.2 Å². The number of hydrogen-bond acceptors (Lipinski definition) is 5. The van der Waals surface area contributed by atoms with Gasteiger partial charge in [0, 0.05) is 6.92 Å². The van der Waals surface area contributed by atoms with Gasteiger partial charge in [0.05, 0.1) is 6.20 Å². The summed E-state index contributed by atoms with van der Waals surface area (Å²) in [6.45, 7) is 0.785. The van der Waals surface area contributed by atoms with Crippen LogP contribution in [0.2, 0.25) is 0 Å². The van der Waals surface area contributed by atoms with E-state index in [1.165, 1.54) is 0 Å². The lowest BCUT2D eigenvalue weighted by Gasteiger charge is -2.08. The Balaban J connectivity index is 2.35. The predicted molar refractivity (Wildman–Crippen MR) is 73.2 cm³/mol. The van der Waals surface area contributed by atoms with Crippen LogP contribution in [0.5, 0.6) is 0 Å². The molecule has 0 spiro atoms. The van der Waals surface area contributed by atoms with Crippen LogP contribution in [-0.4, -0.2) is 21.1 Å². The SMILES string of the molecule is CC(=O)n1cc(F)c(=O)n(C(=O)OCc2ccccc2)c1=O. The fourth-order valence-corrected chi connectivity index (χ4v) is 1.70. The van der Waals surface area contributed by atoms with Gasteiger partial charge in [0.2, 0.25) is 11.7 Å². The molecule has 0 bridgehead atoms. The Kier molecular flexibility index (Phi) is 4.31. The van der Waals surface area contributed by atoms with Crippen LogP contribution >= 0.6 is 0 Å². The van der Waals surface area contributed by atoms with E-state index >= 15 is 0 Å². The molecule has 2 rings (SSSR count). The molecule has 0 saturated carbocycles. The summed E-state index contributed by atoms with van der Waals surface area (Å²) in [7, 11) is 0. The van der Waals surface area contributed by atoms with E-state index in [4.69, 9.17) is 4.74 Å². The van der Waals surface area contributed by atoms with Crippen molar-refractivity contribution in [3.63, 3.8) is 0 Å². The van der Waals surface area contributed by atoms with Crippen molar-refractivity contribution in [3.05, 3.63) is 68.7 Å². The molecule has 0 aliphatic rings. The number of rotatable bonds is 2. The normalized spacial score (nSPS) is 10.3. The number of halogens is 1. The van der Waals surface area contributed by atoms with Crippen molar-refractivity contribution in [3.8, 4) is 0 Å². The van der Waals surface area contributed by atoms with Gasteiger partial charge in [0.1, 0.15) is 6.61 Å². The van der Waals surface area contributed by atoms with Crippen molar-refractivity contribution in [1.29, 1.82) is 0 Å². The Morgan fingerprint density at radius 1 is 1.18 bits per heavy atom. The minimum absolute atomic E-state index is 0.0559. The molecule has 0 saturated heterocycles. The fourth-order valence-electron chi connectivity index (χ4n) is 1.70. The first-order chi connectivity index (χ1) is 10.4. The lowest BCUT2D eigenvalue weighted by atomic mass is 10.2. The molecule has 0 amide bonds. The average Bonchev–Trinajstić information content (AvgIpc) is 2.49. The Bertz CT molecular complexity index is 839. The van der Waals surface area contributed by atoms with Gasteiger partial charge in [0.25, 0.3) is 0 Å². The van der Waals surface area contributed by atoms with Gasteiger partial charge in [0.15, 0.2) is 0 Å². The van der Waals surface area contributed by atoms with Crippen LogP contribution in [0.25, 0.3) is 0 Å². The summed E-state index contributed by atoms with van der Waals surface area (Å²) in [4.78, 5) is 46.5. The fraction of sp³-hybridized carbons (Fsp3) is 0.143. The first kappa shape index (κ1) is 15.4. The first-order valence-corrected chi connectivity index (χ1v) is 6.18. The molecule has 0 N–H and O–H groups in total. The quantitative estimate of drug-likeness (QED) is 0.826. The molecule has 2 aromatic rings. The van der Waals surface area contributed by atoms with Gasteiger partial charge in [-0.2, -0.15) is 8.96 Å². The van der Waals surface area contributed by atoms with E-state index in [0.717, 1.165) is 6.92 Å². The molecule has 0 fully saturated rings. The van der Waals surface area contributed by atoms with Crippen molar-refractivity contribution in [2.75, 3.05) is 0 Å². The zero-order valence-electron chi connectivity index (χ0n) is 11.5. The van der Waals surface area contributed by atoms with Crippen LogP contribution in [0, 0.1) is 5.82 Å². The number of benzene rings is 1. The van der Waals surface area contributed by atoms with Crippen molar-refractivity contribution < 1.29 is 18.7 Å². The third kappa shape index (κ3) is 3.00. The predicted octanol–water partition coefficient (Wildman–Crippen LogP) is 0.994. The summed E-state index contributed by atoms with van der Waals surface area (Å²) < 4.78 is 18.5. The van der Waals surface area contributed by atoms with Crippen LogP contribution in [0.3, 0.4) is 0 Å². The zero-order valence-corrected chi connectivity index (χ0v) is 11.5. The minimum atomic E-state index is -1.47. The van der Waals surface area contributed by atoms with E-state index in [0.29, 0.717) is 16.3 Å². The second-order valence-electron chi connectivity index (χ2n) is 4.33. The monoisotopic (exact) mass is 306 g/mol. The summed E-state index contributed by atoms with van der Waals surface area (Å²) in [5, 5.41) is 0. The summed E-state index contributed by atoms with van der Waals surface area (Å²) in [5.74, 6) is -2.25. The van der Waals surface area contributed by atoms with E-state index < -0.39 is 29.1 Å². The number of ether oxygens (including phenoxy) is 1. The van der Waals surface area contributed by atoms with Crippen molar-refractivity contribution >= 4 is 12.0 Å². The highest BCUT2D eigenvalue weighted by Gasteiger charge is 2.20. The summed E-state index contributed by atoms with van der Waals surface area (Å²) in [5.41, 5.74) is -2.13. The lowest BCUT2D eigenvalue weighted by molar-refractivity contribution is 0.0925. The Labute approximate surface area is 123 Å². The van der Waals surface area contributed by atoms with Gasteiger partial charge in [-0.25, -0.2) is 14.2 Å². The highest BCUT2D eigenvalue weighted by Crippen LogP contribution is 2.01. The average molecular weight is 306 g/mol. The van der Waals surface area contributed by atoms with Crippen LogP contribution in [-0.2, 0) is 11.3 Å². The van der Waals surface area contributed by atoms with E-state index in [-0.39, 0.29) is 11.2 Å². The number of carbonyl (C=O) groups is 2. The molecule has 0 aliphatic carbocycles.